The summed E-state index contributed by atoms with van der Waals surface area (Å²) in [7, 11) is 0. The third-order valence-electron chi connectivity index (χ3n) is 3.38. The van der Waals surface area contributed by atoms with Gasteiger partial charge in [0.05, 0.1) is 5.69 Å². The number of carbonyl (C=O) groups is 1. The number of nitrogens with zero attached hydrogens (tertiary/aromatic N) is 3. The highest BCUT2D eigenvalue weighted by Gasteiger charge is 2.26. The minimum atomic E-state index is -0.127. The molecular weight excluding hydrogens is 232 g/mol. The molecule has 18 heavy (non-hydrogen) atoms. The first-order valence-electron chi connectivity index (χ1n) is 6.38. The number of hydrogen-bond acceptors (Lipinski definition) is 4. The van der Waals surface area contributed by atoms with E-state index in [-0.39, 0.29) is 18.4 Å². The minimum Gasteiger partial charge on any atom is -0.396 e. The maximum atomic E-state index is 12.3. The molecule has 2 heterocycles. The third-order valence-corrected chi connectivity index (χ3v) is 3.38. The molecular formula is C12H20N4O2. The van der Waals surface area contributed by atoms with Gasteiger partial charge in [-0.1, -0.05) is 0 Å². The second kappa shape index (κ2) is 5.39. The second-order valence-electron chi connectivity index (χ2n) is 4.73. The Kier molecular flexibility index (Phi) is 3.86. The first-order valence-corrected chi connectivity index (χ1v) is 6.38. The van der Waals surface area contributed by atoms with Gasteiger partial charge in [-0.2, -0.15) is 5.10 Å². The topological polar surface area (TPSA) is 84.4 Å². The molecule has 3 N–H and O–H groups in total. The van der Waals surface area contributed by atoms with Gasteiger partial charge in [-0.05, 0) is 25.7 Å². The average molecular weight is 252 g/mol. The van der Waals surface area contributed by atoms with E-state index in [9.17, 15) is 9.90 Å². The summed E-state index contributed by atoms with van der Waals surface area (Å²) >= 11 is 0. The number of aliphatic hydroxyl groups is 1. The molecule has 1 amide bonds. The fourth-order valence-corrected chi connectivity index (χ4v) is 2.31. The average Bonchev–Trinajstić information content (AvgIpc) is 2.79. The molecule has 0 aliphatic carbocycles. The lowest BCUT2D eigenvalue weighted by molar-refractivity contribution is 0.0615. The summed E-state index contributed by atoms with van der Waals surface area (Å²) in [5.74, 6) is 0.0510. The molecule has 6 heteroatoms. The van der Waals surface area contributed by atoms with Crippen LogP contribution in [-0.2, 0) is 6.54 Å². The van der Waals surface area contributed by atoms with E-state index >= 15 is 0 Å². The number of amides is 1. The summed E-state index contributed by atoms with van der Waals surface area (Å²) < 4.78 is 1.66. The Balaban J connectivity index is 2.12. The van der Waals surface area contributed by atoms with Crippen molar-refractivity contribution in [2.24, 2.45) is 5.92 Å². The molecule has 1 unspecified atom stereocenters. The van der Waals surface area contributed by atoms with E-state index in [2.05, 4.69) is 5.10 Å². The van der Waals surface area contributed by atoms with Gasteiger partial charge < -0.3 is 15.7 Å². The maximum Gasteiger partial charge on any atom is 0.276 e. The third kappa shape index (κ3) is 2.48. The molecule has 1 saturated heterocycles. The summed E-state index contributed by atoms with van der Waals surface area (Å²) in [6.45, 7) is 4.07. The van der Waals surface area contributed by atoms with Crippen molar-refractivity contribution in [3.8, 4) is 0 Å². The number of piperidine rings is 1. The Morgan fingerprint density at radius 1 is 1.67 bits per heavy atom. The van der Waals surface area contributed by atoms with Crippen LogP contribution in [0.5, 0.6) is 0 Å². The van der Waals surface area contributed by atoms with Crippen LogP contribution in [0.2, 0.25) is 0 Å². The van der Waals surface area contributed by atoms with Crippen molar-refractivity contribution in [1.82, 2.24) is 14.7 Å². The molecule has 1 aliphatic heterocycles. The van der Waals surface area contributed by atoms with Crippen molar-refractivity contribution in [3.63, 3.8) is 0 Å². The van der Waals surface area contributed by atoms with Gasteiger partial charge in [-0.25, -0.2) is 0 Å². The highest BCUT2D eigenvalue weighted by Crippen LogP contribution is 2.19. The van der Waals surface area contributed by atoms with Crippen LogP contribution in [0.25, 0.3) is 0 Å². The van der Waals surface area contributed by atoms with Gasteiger partial charge in [-0.15, -0.1) is 0 Å². The first-order chi connectivity index (χ1) is 8.65. The number of anilines is 1. The van der Waals surface area contributed by atoms with Crippen molar-refractivity contribution >= 4 is 11.6 Å². The van der Waals surface area contributed by atoms with Crippen LogP contribution >= 0.6 is 0 Å². The number of rotatable bonds is 3. The Morgan fingerprint density at radius 3 is 3.06 bits per heavy atom. The first kappa shape index (κ1) is 12.9. The molecule has 1 fully saturated rings. The fraction of sp³-hybridized carbons (Fsp3) is 0.667. The summed E-state index contributed by atoms with van der Waals surface area (Å²) in [5.41, 5.74) is 6.56. The van der Waals surface area contributed by atoms with E-state index < -0.39 is 0 Å². The van der Waals surface area contributed by atoms with Crippen LogP contribution in [0.4, 0.5) is 5.69 Å². The molecule has 1 atom stereocenters. The molecule has 0 bridgehead atoms. The largest absolute Gasteiger partial charge is 0.396 e. The van der Waals surface area contributed by atoms with Crippen LogP contribution in [0.1, 0.15) is 30.3 Å². The van der Waals surface area contributed by atoms with E-state index in [4.69, 9.17) is 5.73 Å². The number of aromatic nitrogens is 2. The number of aryl methyl sites for hydroxylation is 1. The van der Waals surface area contributed by atoms with Crippen molar-refractivity contribution in [1.29, 1.82) is 0 Å². The number of nitrogen functional groups attached to an aromatic ring is 1. The molecule has 1 aromatic rings. The summed E-state index contributed by atoms with van der Waals surface area (Å²) in [5, 5.41) is 13.4. The van der Waals surface area contributed by atoms with E-state index in [1.807, 2.05) is 6.92 Å². The molecule has 1 aromatic heterocycles. The van der Waals surface area contributed by atoms with Crippen molar-refractivity contribution in [2.45, 2.75) is 26.3 Å². The highest BCUT2D eigenvalue weighted by molar-refractivity contribution is 5.97. The van der Waals surface area contributed by atoms with Gasteiger partial charge >= 0.3 is 0 Å². The second-order valence-corrected chi connectivity index (χ2v) is 4.73. The predicted molar refractivity (Wildman–Crippen MR) is 68.0 cm³/mol. The van der Waals surface area contributed by atoms with Gasteiger partial charge in [-0.3, -0.25) is 9.48 Å². The van der Waals surface area contributed by atoms with E-state index in [0.29, 0.717) is 31.0 Å². The quantitative estimate of drug-likeness (QED) is 0.812. The van der Waals surface area contributed by atoms with Gasteiger partial charge in [0.15, 0.2) is 5.69 Å². The van der Waals surface area contributed by atoms with Crippen molar-refractivity contribution in [3.05, 3.63) is 11.9 Å². The number of aliphatic hydroxyl groups excluding tert-OH is 1. The number of hydrogen-bond donors (Lipinski definition) is 2. The normalized spacial score (nSPS) is 20.1. The zero-order valence-electron chi connectivity index (χ0n) is 10.7. The van der Waals surface area contributed by atoms with Crippen molar-refractivity contribution < 1.29 is 9.90 Å². The number of carbonyl (C=O) groups excluding carboxylic acids is 1. The summed E-state index contributed by atoms with van der Waals surface area (Å²) in [4.78, 5) is 14.0. The van der Waals surface area contributed by atoms with Gasteiger partial charge in [0.25, 0.3) is 5.91 Å². The lowest BCUT2D eigenvalue weighted by Gasteiger charge is -2.31. The monoisotopic (exact) mass is 252 g/mol. The maximum absolute atomic E-state index is 12.3. The molecule has 2 rings (SSSR count). The minimum absolute atomic E-state index is 0.127. The number of likely N-dealkylation sites (tertiary alicyclic amines) is 1. The lowest BCUT2D eigenvalue weighted by Crippen LogP contribution is -2.41. The van der Waals surface area contributed by atoms with Crippen molar-refractivity contribution in [2.75, 3.05) is 25.4 Å². The zero-order chi connectivity index (χ0) is 13.1. The Labute approximate surface area is 106 Å². The van der Waals surface area contributed by atoms with Crippen LogP contribution in [0, 0.1) is 5.92 Å². The van der Waals surface area contributed by atoms with Crippen LogP contribution < -0.4 is 5.73 Å². The molecule has 6 nitrogen and oxygen atoms in total. The number of nitrogens with two attached hydrogens (primary N) is 1. The standard InChI is InChI=1S/C12H20N4O2/c1-2-16-7-10(13)11(14-16)12(18)15-5-3-4-9(6-15)8-17/h7,9,17H,2-6,8,13H2,1H3. The van der Waals surface area contributed by atoms with E-state index in [1.54, 1.807) is 15.8 Å². The molecule has 1 aliphatic rings. The van der Waals surface area contributed by atoms with Gasteiger partial charge in [0.2, 0.25) is 0 Å². The molecule has 0 aromatic carbocycles. The van der Waals surface area contributed by atoms with Gasteiger partial charge in [0, 0.05) is 32.4 Å². The molecule has 0 radical (unpaired) electrons. The molecule has 100 valence electrons. The van der Waals surface area contributed by atoms with E-state index in [1.165, 1.54) is 0 Å². The lowest BCUT2D eigenvalue weighted by atomic mass is 9.99. The zero-order valence-corrected chi connectivity index (χ0v) is 10.7. The Bertz CT molecular complexity index is 430. The highest BCUT2D eigenvalue weighted by atomic mass is 16.3. The summed E-state index contributed by atoms with van der Waals surface area (Å²) in [6, 6.07) is 0. The SMILES string of the molecule is CCn1cc(N)c(C(=O)N2CCCC(CO)C2)n1. The predicted octanol–water partition coefficient (Wildman–Crippen LogP) is 0.330. The van der Waals surface area contributed by atoms with Crippen LogP contribution in [-0.4, -0.2) is 45.4 Å². The molecule has 0 spiro atoms. The summed E-state index contributed by atoms with van der Waals surface area (Å²) in [6.07, 6.45) is 3.57. The van der Waals surface area contributed by atoms with E-state index in [0.717, 1.165) is 12.8 Å². The fourth-order valence-electron chi connectivity index (χ4n) is 2.31. The smallest absolute Gasteiger partial charge is 0.276 e. The molecule has 0 saturated carbocycles. The van der Waals surface area contributed by atoms with Crippen LogP contribution in [0.15, 0.2) is 6.20 Å². The Morgan fingerprint density at radius 2 is 2.44 bits per heavy atom. The van der Waals surface area contributed by atoms with Gasteiger partial charge in [0.1, 0.15) is 0 Å². The van der Waals surface area contributed by atoms with Crippen LogP contribution in [0.3, 0.4) is 0 Å². The Hall–Kier alpha value is -1.56.